The van der Waals surface area contributed by atoms with E-state index in [0.29, 0.717) is 22.9 Å². The first-order valence-electron chi connectivity index (χ1n) is 10.2. The second-order valence-electron chi connectivity index (χ2n) is 7.14. The van der Waals surface area contributed by atoms with Crippen LogP contribution in [-0.2, 0) is 4.79 Å². The SMILES string of the molecule is COc1cc(NC(=O)C(C)Sc2ccc(NC(=O)c3cccc([N+](=O)[O-])c3)cc2)cc(OC)c1. The monoisotopic (exact) mass is 481 g/mol. The van der Waals surface area contributed by atoms with Gasteiger partial charge in [-0.15, -0.1) is 11.8 Å². The predicted octanol–water partition coefficient (Wildman–Crippen LogP) is 4.98. The van der Waals surface area contributed by atoms with Crippen molar-refractivity contribution in [1.82, 2.24) is 0 Å². The molecule has 0 aromatic heterocycles. The van der Waals surface area contributed by atoms with E-state index >= 15 is 0 Å². The summed E-state index contributed by atoms with van der Waals surface area (Å²) in [5.41, 5.74) is 1.13. The van der Waals surface area contributed by atoms with Crippen LogP contribution in [0.15, 0.2) is 71.6 Å². The van der Waals surface area contributed by atoms with Gasteiger partial charge in [-0.3, -0.25) is 19.7 Å². The number of carbonyl (C=O) groups excluding carboxylic acids is 2. The lowest BCUT2D eigenvalue weighted by Gasteiger charge is -2.14. The molecule has 0 aliphatic carbocycles. The third-order valence-electron chi connectivity index (χ3n) is 4.73. The summed E-state index contributed by atoms with van der Waals surface area (Å²) in [6.07, 6.45) is 0. The Morgan fingerprint density at radius 3 is 2.15 bits per heavy atom. The molecule has 1 unspecified atom stereocenters. The maximum absolute atomic E-state index is 12.6. The molecule has 2 N–H and O–H groups in total. The number of hydrogen-bond acceptors (Lipinski definition) is 7. The molecule has 0 saturated heterocycles. The van der Waals surface area contributed by atoms with Gasteiger partial charge >= 0.3 is 0 Å². The van der Waals surface area contributed by atoms with E-state index in [2.05, 4.69) is 10.6 Å². The largest absolute Gasteiger partial charge is 0.497 e. The quantitative estimate of drug-likeness (QED) is 0.251. The Labute approximate surface area is 200 Å². The zero-order chi connectivity index (χ0) is 24.7. The van der Waals surface area contributed by atoms with Crippen molar-refractivity contribution in [2.75, 3.05) is 24.9 Å². The van der Waals surface area contributed by atoms with Crippen molar-refractivity contribution in [1.29, 1.82) is 0 Å². The van der Waals surface area contributed by atoms with Gasteiger partial charge in [-0.25, -0.2) is 0 Å². The molecular formula is C24H23N3O6S. The topological polar surface area (TPSA) is 120 Å². The first-order chi connectivity index (χ1) is 16.3. The second kappa shape index (κ2) is 11.2. The average Bonchev–Trinajstić information content (AvgIpc) is 2.84. The van der Waals surface area contributed by atoms with Crippen LogP contribution in [0.5, 0.6) is 11.5 Å². The number of carbonyl (C=O) groups is 2. The van der Waals surface area contributed by atoms with Gasteiger partial charge in [0.15, 0.2) is 0 Å². The van der Waals surface area contributed by atoms with E-state index in [4.69, 9.17) is 9.47 Å². The minimum Gasteiger partial charge on any atom is -0.497 e. The Kier molecular flexibility index (Phi) is 8.10. The van der Waals surface area contributed by atoms with Crippen molar-refractivity contribution in [2.24, 2.45) is 0 Å². The number of amides is 2. The third-order valence-corrected chi connectivity index (χ3v) is 5.84. The molecular weight excluding hydrogens is 458 g/mol. The number of anilines is 2. The van der Waals surface area contributed by atoms with Gasteiger partial charge in [-0.1, -0.05) is 6.07 Å². The number of methoxy groups -OCH3 is 2. The van der Waals surface area contributed by atoms with Crippen LogP contribution < -0.4 is 20.1 Å². The Bertz CT molecular complexity index is 1180. The van der Waals surface area contributed by atoms with Crippen molar-refractivity contribution in [3.05, 3.63) is 82.4 Å². The zero-order valence-corrected chi connectivity index (χ0v) is 19.5. The van der Waals surface area contributed by atoms with Crippen LogP contribution >= 0.6 is 11.8 Å². The van der Waals surface area contributed by atoms with E-state index in [1.54, 1.807) is 49.4 Å². The highest BCUT2D eigenvalue weighted by Crippen LogP contribution is 2.29. The fraction of sp³-hybridized carbons (Fsp3) is 0.167. The van der Waals surface area contributed by atoms with Crippen LogP contribution in [0.25, 0.3) is 0 Å². The molecule has 0 radical (unpaired) electrons. The molecule has 34 heavy (non-hydrogen) atoms. The smallest absolute Gasteiger partial charge is 0.270 e. The van der Waals surface area contributed by atoms with Crippen LogP contribution in [0, 0.1) is 10.1 Å². The second-order valence-corrected chi connectivity index (χ2v) is 8.55. The van der Waals surface area contributed by atoms with Crippen LogP contribution in [0.1, 0.15) is 17.3 Å². The summed E-state index contributed by atoms with van der Waals surface area (Å²) >= 11 is 1.36. The van der Waals surface area contributed by atoms with Gasteiger partial charge < -0.3 is 20.1 Å². The van der Waals surface area contributed by atoms with Gasteiger partial charge in [0.1, 0.15) is 11.5 Å². The van der Waals surface area contributed by atoms with Crippen molar-refractivity contribution in [2.45, 2.75) is 17.1 Å². The van der Waals surface area contributed by atoms with Crippen molar-refractivity contribution in [3.8, 4) is 11.5 Å². The van der Waals surface area contributed by atoms with Gasteiger partial charge in [-0.05, 0) is 37.3 Å². The maximum atomic E-state index is 12.6. The molecule has 0 fully saturated rings. The summed E-state index contributed by atoms with van der Waals surface area (Å²) in [5, 5.41) is 16.1. The van der Waals surface area contributed by atoms with E-state index in [0.717, 1.165) is 4.90 Å². The van der Waals surface area contributed by atoms with Crippen LogP contribution in [0.2, 0.25) is 0 Å². The molecule has 1 atom stereocenters. The summed E-state index contributed by atoms with van der Waals surface area (Å²) in [4.78, 5) is 36.2. The number of ether oxygens (including phenoxy) is 2. The molecule has 0 aliphatic rings. The summed E-state index contributed by atoms with van der Waals surface area (Å²) in [6, 6.07) is 17.6. The van der Waals surface area contributed by atoms with E-state index in [-0.39, 0.29) is 17.2 Å². The van der Waals surface area contributed by atoms with Gasteiger partial charge in [-0.2, -0.15) is 0 Å². The number of nitro groups is 1. The molecule has 10 heteroatoms. The summed E-state index contributed by atoms with van der Waals surface area (Å²) in [5.74, 6) is 0.490. The lowest BCUT2D eigenvalue weighted by molar-refractivity contribution is -0.384. The van der Waals surface area contributed by atoms with Gasteiger partial charge in [0, 0.05) is 52.2 Å². The summed E-state index contributed by atoms with van der Waals surface area (Å²) < 4.78 is 10.4. The highest BCUT2D eigenvalue weighted by molar-refractivity contribution is 8.00. The molecule has 0 saturated carbocycles. The number of nitrogens with zero attached hydrogens (tertiary/aromatic N) is 1. The van der Waals surface area contributed by atoms with E-state index in [1.807, 2.05) is 0 Å². The van der Waals surface area contributed by atoms with Gasteiger partial charge in [0.25, 0.3) is 11.6 Å². The first kappa shape index (κ1) is 24.6. The minimum atomic E-state index is -0.551. The zero-order valence-electron chi connectivity index (χ0n) is 18.7. The Balaban J connectivity index is 1.59. The standard InChI is InChI=1S/C24H23N3O6S/c1-15(23(28)26-18-12-20(32-2)14-21(13-18)33-3)34-22-9-7-17(8-10-22)25-24(29)16-5-4-6-19(11-16)27(30)31/h4-15H,1-3H3,(H,25,29)(H,26,28). The number of nitrogens with one attached hydrogen (secondary N) is 2. The van der Waals surface area contributed by atoms with E-state index < -0.39 is 16.1 Å². The number of nitro benzene ring substituents is 1. The van der Waals surface area contributed by atoms with Gasteiger partial charge in [0.2, 0.25) is 5.91 Å². The number of thioether (sulfide) groups is 1. The number of hydrogen-bond donors (Lipinski definition) is 2. The fourth-order valence-electron chi connectivity index (χ4n) is 2.96. The molecule has 0 aliphatic heterocycles. The molecule has 3 aromatic carbocycles. The van der Waals surface area contributed by atoms with Crippen molar-refractivity contribution < 1.29 is 24.0 Å². The molecule has 9 nitrogen and oxygen atoms in total. The van der Waals surface area contributed by atoms with Crippen LogP contribution in [0.3, 0.4) is 0 Å². The molecule has 2 amide bonds. The number of non-ortho nitro benzene ring substituents is 1. The lowest BCUT2D eigenvalue weighted by atomic mass is 10.2. The number of rotatable bonds is 9. The third kappa shape index (κ3) is 6.48. The Hall–Kier alpha value is -4.05. The Morgan fingerprint density at radius 2 is 1.56 bits per heavy atom. The van der Waals surface area contributed by atoms with Crippen LogP contribution in [0.4, 0.5) is 17.1 Å². The van der Waals surface area contributed by atoms with Crippen molar-refractivity contribution in [3.63, 3.8) is 0 Å². The minimum absolute atomic E-state index is 0.154. The summed E-state index contributed by atoms with van der Waals surface area (Å²) in [6.45, 7) is 1.79. The molecule has 0 spiro atoms. The maximum Gasteiger partial charge on any atom is 0.270 e. The highest BCUT2D eigenvalue weighted by Gasteiger charge is 2.16. The lowest BCUT2D eigenvalue weighted by Crippen LogP contribution is -2.22. The molecule has 3 aromatic rings. The van der Waals surface area contributed by atoms with E-state index in [1.165, 1.54) is 50.2 Å². The fourth-order valence-corrected chi connectivity index (χ4v) is 3.83. The van der Waals surface area contributed by atoms with Crippen LogP contribution in [-0.4, -0.2) is 36.2 Å². The number of benzene rings is 3. The first-order valence-corrected chi connectivity index (χ1v) is 11.0. The molecule has 0 bridgehead atoms. The highest BCUT2D eigenvalue weighted by atomic mass is 32.2. The predicted molar refractivity (Wildman–Crippen MR) is 131 cm³/mol. The van der Waals surface area contributed by atoms with Crippen molar-refractivity contribution >= 4 is 40.6 Å². The molecule has 176 valence electrons. The molecule has 3 rings (SSSR count). The average molecular weight is 482 g/mol. The molecule has 0 heterocycles. The Morgan fingerprint density at radius 1 is 0.912 bits per heavy atom. The summed E-state index contributed by atoms with van der Waals surface area (Å²) in [7, 11) is 3.07. The normalized spacial score (nSPS) is 11.3. The van der Waals surface area contributed by atoms with Gasteiger partial charge in [0.05, 0.1) is 24.4 Å². The van der Waals surface area contributed by atoms with E-state index in [9.17, 15) is 19.7 Å².